The van der Waals surface area contributed by atoms with Gasteiger partial charge in [0.25, 0.3) is 5.91 Å². The van der Waals surface area contributed by atoms with Crippen molar-refractivity contribution in [1.82, 2.24) is 30.0 Å². The lowest BCUT2D eigenvalue weighted by Crippen LogP contribution is -2.49. The number of hydrogen-bond acceptors (Lipinski definition) is 6. The van der Waals surface area contributed by atoms with E-state index < -0.39 is 0 Å². The summed E-state index contributed by atoms with van der Waals surface area (Å²) in [5.41, 5.74) is 2.05. The lowest BCUT2D eigenvalue weighted by molar-refractivity contribution is 0.0543. The highest BCUT2D eigenvalue weighted by Crippen LogP contribution is 2.27. The van der Waals surface area contributed by atoms with Crippen LogP contribution in [-0.4, -0.2) is 67.7 Å². The lowest BCUT2D eigenvalue weighted by Gasteiger charge is -2.39. The molecule has 0 aliphatic carbocycles. The molecule has 8 heteroatoms. The van der Waals surface area contributed by atoms with Gasteiger partial charge in [-0.05, 0) is 35.2 Å². The molecule has 1 aliphatic rings. The molecule has 1 fully saturated rings. The molecule has 3 aromatic rings. The zero-order valence-corrected chi connectivity index (χ0v) is 14.9. The number of aromatic hydroxyl groups is 1. The van der Waals surface area contributed by atoms with E-state index >= 15 is 0 Å². The van der Waals surface area contributed by atoms with E-state index in [4.69, 9.17) is 0 Å². The minimum atomic E-state index is -0.176. The standard InChI is InChI=1S/C19H20N6O2/c1-23-9-10-24(12-17(23)14-5-3-2-4-6-14)19(27)16-8-7-15(11-18(16)26)25-13-20-21-22-25/h2-8,11,13,17,26H,9-10,12H2,1H3. The first-order valence-corrected chi connectivity index (χ1v) is 8.74. The van der Waals surface area contributed by atoms with Crippen LogP contribution in [-0.2, 0) is 0 Å². The van der Waals surface area contributed by atoms with Crippen LogP contribution in [0, 0.1) is 0 Å². The molecule has 4 rings (SSSR count). The van der Waals surface area contributed by atoms with Gasteiger partial charge in [-0.15, -0.1) is 5.10 Å². The van der Waals surface area contributed by atoms with Crippen LogP contribution in [0.4, 0.5) is 0 Å². The van der Waals surface area contributed by atoms with Crippen LogP contribution in [0.5, 0.6) is 5.75 Å². The summed E-state index contributed by atoms with van der Waals surface area (Å²) in [5, 5.41) is 21.3. The maximum Gasteiger partial charge on any atom is 0.257 e. The van der Waals surface area contributed by atoms with Crippen molar-refractivity contribution in [2.45, 2.75) is 6.04 Å². The van der Waals surface area contributed by atoms with Crippen LogP contribution in [0.2, 0.25) is 0 Å². The van der Waals surface area contributed by atoms with Gasteiger partial charge in [0, 0.05) is 25.7 Å². The highest BCUT2D eigenvalue weighted by Gasteiger charge is 2.29. The second-order valence-corrected chi connectivity index (χ2v) is 6.61. The number of carbonyl (C=O) groups is 1. The molecule has 1 unspecified atom stereocenters. The fourth-order valence-corrected chi connectivity index (χ4v) is 3.39. The van der Waals surface area contributed by atoms with E-state index in [0.29, 0.717) is 18.8 Å². The normalized spacial score (nSPS) is 17.8. The molecule has 1 amide bonds. The molecule has 27 heavy (non-hydrogen) atoms. The summed E-state index contributed by atoms with van der Waals surface area (Å²) in [5.74, 6) is -0.256. The van der Waals surface area contributed by atoms with Gasteiger partial charge in [-0.1, -0.05) is 30.3 Å². The van der Waals surface area contributed by atoms with Crippen LogP contribution in [0.25, 0.3) is 5.69 Å². The Bertz CT molecular complexity index is 929. The topological polar surface area (TPSA) is 87.4 Å². The third-order valence-electron chi connectivity index (χ3n) is 4.94. The van der Waals surface area contributed by atoms with Crippen LogP contribution < -0.4 is 0 Å². The summed E-state index contributed by atoms with van der Waals surface area (Å²) in [7, 11) is 2.07. The number of amides is 1. The largest absolute Gasteiger partial charge is 0.507 e. The Morgan fingerprint density at radius 2 is 1.96 bits per heavy atom. The molecule has 1 aliphatic heterocycles. The highest BCUT2D eigenvalue weighted by molar-refractivity contribution is 5.97. The van der Waals surface area contributed by atoms with E-state index in [1.807, 2.05) is 18.2 Å². The van der Waals surface area contributed by atoms with Crippen LogP contribution in [0.3, 0.4) is 0 Å². The van der Waals surface area contributed by atoms with E-state index in [9.17, 15) is 9.90 Å². The molecule has 1 saturated heterocycles. The molecular formula is C19H20N6O2. The summed E-state index contributed by atoms with van der Waals surface area (Å²) >= 11 is 0. The van der Waals surface area contributed by atoms with Crippen molar-refractivity contribution in [3.63, 3.8) is 0 Å². The van der Waals surface area contributed by atoms with Crippen molar-refractivity contribution in [1.29, 1.82) is 0 Å². The van der Waals surface area contributed by atoms with Crippen LogP contribution in [0.15, 0.2) is 54.9 Å². The smallest absolute Gasteiger partial charge is 0.257 e. The van der Waals surface area contributed by atoms with E-state index in [0.717, 1.165) is 6.54 Å². The number of nitrogens with zero attached hydrogens (tertiary/aromatic N) is 6. The van der Waals surface area contributed by atoms with Gasteiger partial charge in [-0.25, -0.2) is 4.68 Å². The van der Waals surface area contributed by atoms with Gasteiger partial charge in [0.05, 0.1) is 17.3 Å². The molecule has 1 atom stereocenters. The molecule has 0 bridgehead atoms. The maximum atomic E-state index is 13.0. The molecule has 2 heterocycles. The fourth-order valence-electron chi connectivity index (χ4n) is 3.39. The van der Waals surface area contributed by atoms with Crippen LogP contribution in [0.1, 0.15) is 22.0 Å². The highest BCUT2D eigenvalue weighted by atomic mass is 16.3. The van der Waals surface area contributed by atoms with Gasteiger partial charge >= 0.3 is 0 Å². The second kappa shape index (κ2) is 7.16. The van der Waals surface area contributed by atoms with E-state index in [2.05, 4.69) is 39.6 Å². The molecule has 2 aromatic carbocycles. The summed E-state index contributed by atoms with van der Waals surface area (Å²) in [6, 6.07) is 15.1. The van der Waals surface area contributed by atoms with E-state index in [1.165, 1.54) is 22.6 Å². The molecule has 0 saturated carbocycles. The zero-order valence-electron chi connectivity index (χ0n) is 14.9. The Balaban J connectivity index is 1.56. The first-order chi connectivity index (χ1) is 13.1. The number of aromatic nitrogens is 4. The molecule has 8 nitrogen and oxygen atoms in total. The number of tetrazole rings is 1. The molecule has 1 aromatic heterocycles. The number of rotatable bonds is 3. The van der Waals surface area contributed by atoms with E-state index in [1.54, 1.807) is 17.0 Å². The number of benzene rings is 2. The quantitative estimate of drug-likeness (QED) is 0.758. The number of piperazine rings is 1. The first kappa shape index (κ1) is 17.2. The monoisotopic (exact) mass is 364 g/mol. The van der Waals surface area contributed by atoms with Gasteiger partial charge in [0.15, 0.2) is 0 Å². The van der Waals surface area contributed by atoms with Gasteiger partial charge in [-0.2, -0.15) is 0 Å². The predicted octanol–water partition coefficient (Wildman–Crippen LogP) is 1.50. The molecule has 0 radical (unpaired) electrons. The third kappa shape index (κ3) is 3.39. The number of phenols is 1. The average Bonchev–Trinajstić information content (AvgIpc) is 3.23. The summed E-state index contributed by atoms with van der Waals surface area (Å²) < 4.78 is 1.43. The molecule has 1 N–H and O–H groups in total. The van der Waals surface area contributed by atoms with Gasteiger partial charge in [0.1, 0.15) is 12.1 Å². The van der Waals surface area contributed by atoms with E-state index in [-0.39, 0.29) is 23.3 Å². The molecule has 138 valence electrons. The van der Waals surface area contributed by atoms with Gasteiger partial charge < -0.3 is 10.0 Å². The fraction of sp³-hybridized carbons (Fsp3) is 0.263. The van der Waals surface area contributed by atoms with Crippen LogP contribution >= 0.6 is 0 Å². The molecular weight excluding hydrogens is 344 g/mol. The van der Waals surface area contributed by atoms with Crippen molar-refractivity contribution in [3.8, 4) is 11.4 Å². The predicted molar refractivity (Wildman–Crippen MR) is 98.5 cm³/mol. The number of phenolic OH excluding ortho intramolecular Hbond substituents is 1. The van der Waals surface area contributed by atoms with Crippen molar-refractivity contribution >= 4 is 5.91 Å². The first-order valence-electron chi connectivity index (χ1n) is 8.74. The summed E-state index contributed by atoms with van der Waals surface area (Å²) in [4.78, 5) is 17.0. The number of hydrogen-bond donors (Lipinski definition) is 1. The minimum Gasteiger partial charge on any atom is -0.507 e. The Morgan fingerprint density at radius 1 is 1.15 bits per heavy atom. The van der Waals surface area contributed by atoms with Crippen molar-refractivity contribution in [2.24, 2.45) is 0 Å². The number of likely N-dealkylation sites (N-methyl/N-ethyl adjacent to an activating group) is 1. The summed E-state index contributed by atoms with van der Waals surface area (Å²) in [6.45, 7) is 1.97. The summed E-state index contributed by atoms with van der Waals surface area (Å²) in [6.07, 6.45) is 1.43. The third-order valence-corrected chi connectivity index (χ3v) is 4.94. The lowest BCUT2D eigenvalue weighted by atomic mass is 10.0. The van der Waals surface area contributed by atoms with Crippen molar-refractivity contribution < 1.29 is 9.90 Å². The minimum absolute atomic E-state index is 0.0804. The Labute approximate surface area is 156 Å². The Hall–Kier alpha value is -3.26. The Morgan fingerprint density at radius 3 is 2.67 bits per heavy atom. The van der Waals surface area contributed by atoms with Crippen molar-refractivity contribution in [3.05, 3.63) is 66.0 Å². The second-order valence-electron chi connectivity index (χ2n) is 6.61. The van der Waals surface area contributed by atoms with Gasteiger partial charge in [0.2, 0.25) is 0 Å². The number of carbonyl (C=O) groups excluding carboxylic acids is 1. The molecule has 0 spiro atoms. The average molecular weight is 364 g/mol. The van der Waals surface area contributed by atoms with Crippen molar-refractivity contribution in [2.75, 3.05) is 26.7 Å². The maximum absolute atomic E-state index is 13.0. The van der Waals surface area contributed by atoms with Gasteiger partial charge in [-0.3, -0.25) is 9.69 Å². The SMILES string of the molecule is CN1CCN(C(=O)c2ccc(-n3cnnn3)cc2O)CC1c1ccccc1. The Kier molecular flexibility index (Phi) is 4.55. The zero-order chi connectivity index (χ0) is 18.8.